The molecule has 1 N–H and O–H groups in total. The highest BCUT2D eigenvalue weighted by atomic mass is 32.1. The van der Waals surface area contributed by atoms with E-state index in [4.69, 9.17) is 4.74 Å². The number of anilines is 2. The zero-order chi connectivity index (χ0) is 21.0. The molecule has 1 aliphatic rings. The van der Waals surface area contributed by atoms with Crippen molar-refractivity contribution in [2.24, 2.45) is 0 Å². The molecule has 158 valence electrons. The number of nitrogens with one attached hydrogen (secondary N) is 1. The van der Waals surface area contributed by atoms with Gasteiger partial charge in [0.25, 0.3) is 0 Å². The van der Waals surface area contributed by atoms with Gasteiger partial charge in [-0.25, -0.2) is 9.97 Å². The van der Waals surface area contributed by atoms with Gasteiger partial charge in [-0.1, -0.05) is 30.3 Å². The molecule has 0 spiro atoms. The molecule has 1 saturated heterocycles. The molecule has 6 heteroatoms. The number of ether oxygens (including phenoxy) is 1. The number of fused-ring (bicyclic) bond motifs is 1. The Morgan fingerprint density at radius 2 is 1.87 bits per heavy atom. The maximum Gasteiger partial charge on any atom is 0.151 e. The molecule has 0 unspecified atom stereocenters. The van der Waals surface area contributed by atoms with Crippen molar-refractivity contribution in [3.05, 3.63) is 66.5 Å². The summed E-state index contributed by atoms with van der Waals surface area (Å²) < 4.78 is 6.67. The van der Waals surface area contributed by atoms with E-state index in [0.29, 0.717) is 6.61 Å². The summed E-state index contributed by atoms with van der Waals surface area (Å²) >= 11 is 1.72. The van der Waals surface area contributed by atoms with Crippen LogP contribution in [0.1, 0.15) is 25.3 Å². The van der Waals surface area contributed by atoms with Crippen LogP contribution >= 0.6 is 11.3 Å². The molecule has 5 rings (SSSR count). The third kappa shape index (κ3) is 4.55. The molecule has 0 amide bonds. The fourth-order valence-electron chi connectivity index (χ4n) is 4.03. The van der Waals surface area contributed by atoms with Gasteiger partial charge in [-0.2, -0.15) is 0 Å². The Morgan fingerprint density at radius 3 is 2.68 bits per heavy atom. The van der Waals surface area contributed by atoms with Gasteiger partial charge in [0.05, 0.1) is 16.8 Å². The summed E-state index contributed by atoms with van der Waals surface area (Å²) in [5.41, 5.74) is 4.51. The first-order valence-corrected chi connectivity index (χ1v) is 11.7. The molecule has 31 heavy (non-hydrogen) atoms. The van der Waals surface area contributed by atoms with Crippen molar-refractivity contribution in [3.8, 4) is 16.2 Å². The number of benzene rings is 2. The zero-order valence-electron chi connectivity index (χ0n) is 17.7. The highest BCUT2D eigenvalue weighted by Crippen LogP contribution is 2.37. The van der Waals surface area contributed by atoms with E-state index in [1.807, 2.05) is 31.2 Å². The second-order valence-corrected chi connectivity index (χ2v) is 8.87. The van der Waals surface area contributed by atoms with Crippen LogP contribution in [-0.4, -0.2) is 34.6 Å². The molecule has 3 heterocycles. The van der Waals surface area contributed by atoms with Crippen molar-refractivity contribution in [2.45, 2.75) is 26.3 Å². The SMILES string of the molecule is CCOc1cccc(Nc2ncnc3cc(-c4ccc(CN5CCCC5)cc4)sc23)c1. The van der Waals surface area contributed by atoms with Crippen LogP contribution in [0.5, 0.6) is 5.75 Å². The van der Waals surface area contributed by atoms with Crippen LogP contribution in [0.3, 0.4) is 0 Å². The number of rotatable bonds is 7. The molecule has 1 aliphatic heterocycles. The van der Waals surface area contributed by atoms with E-state index in [0.717, 1.165) is 34.0 Å². The number of aromatic nitrogens is 2. The summed E-state index contributed by atoms with van der Waals surface area (Å²) in [7, 11) is 0. The number of nitrogens with zero attached hydrogens (tertiary/aromatic N) is 3. The summed E-state index contributed by atoms with van der Waals surface area (Å²) in [6, 6.07) is 19.1. The van der Waals surface area contributed by atoms with Crippen molar-refractivity contribution >= 4 is 33.1 Å². The zero-order valence-corrected chi connectivity index (χ0v) is 18.5. The molecule has 2 aromatic carbocycles. The minimum Gasteiger partial charge on any atom is -0.494 e. The van der Waals surface area contributed by atoms with E-state index in [1.165, 1.54) is 41.9 Å². The van der Waals surface area contributed by atoms with Crippen LogP contribution in [0.15, 0.2) is 60.9 Å². The van der Waals surface area contributed by atoms with Gasteiger partial charge in [0.1, 0.15) is 12.1 Å². The Hall–Kier alpha value is -2.96. The number of hydrogen-bond acceptors (Lipinski definition) is 6. The van der Waals surface area contributed by atoms with Gasteiger partial charge < -0.3 is 10.1 Å². The van der Waals surface area contributed by atoms with Gasteiger partial charge >= 0.3 is 0 Å². The van der Waals surface area contributed by atoms with Gasteiger partial charge in [0, 0.05) is 23.2 Å². The third-order valence-corrected chi connectivity index (χ3v) is 6.74. The van der Waals surface area contributed by atoms with Crippen molar-refractivity contribution in [3.63, 3.8) is 0 Å². The maximum atomic E-state index is 5.61. The van der Waals surface area contributed by atoms with Crippen LogP contribution < -0.4 is 10.1 Å². The van der Waals surface area contributed by atoms with Crippen LogP contribution in [0.4, 0.5) is 11.5 Å². The second-order valence-electron chi connectivity index (χ2n) is 7.81. The van der Waals surface area contributed by atoms with Crippen LogP contribution in [0.2, 0.25) is 0 Å². The minimum atomic E-state index is 0.645. The predicted molar refractivity (Wildman–Crippen MR) is 128 cm³/mol. The van der Waals surface area contributed by atoms with Crippen LogP contribution in [0.25, 0.3) is 20.7 Å². The Bertz CT molecular complexity index is 1170. The average Bonchev–Trinajstić information content (AvgIpc) is 3.45. The number of likely N-dealkylation sites (tertiary alicyclic amines) is 1. The molecule has 2 aromatic heterocycles. The summed E-state index contributed by atoms with van der Waals surface area (Å²) in [4.78, 5) is 12.7. The number of hydrogen-bond donors (Lipinski definition) is 1. The first kappa shape index (κ1) is 20.0. The Labute approximate surface area is 186 Å². The fourth-order valence-corrected chi connectivity index (χ4v) is 5.09. The molecule has 0 saturated carbocycles. The Balaban J connectivity index is 1.38. The molecular weight excluding hydrogens is 404 g/mol. The lowest BCUT2D eigenvalue weighted by Crippen LogP contribution is -2.18. The average molecular weight is 431 g/mol. The predicted octanol–water partition coefficient (Wildman–Crippen LogP) is 6.10. The summed E-state index contributed by atoms with van der Waals surface area (Å²) in [6.45, 7) is 6.12. The van der Waals surface area contributed by atoms with E-state index in [-0.39, 0.29) is 0 Å². The largest absolute Gasteiger partial charge is 0.494 e. The lowest BCUT2D eigenvalue weighted by molar-refractivity contribution is 0.331. The fraction of sp³-hybridized carbons (Fsp3) is 0.280. The van der Waals surface area contributed by atoms with E-state index in [1.54, 1.807) is 17.7 Å². The molecule has 0 bridgehead atoms. The molecule has 5 nitrogen and oxygen atoms in total. The van der Waals surface area contributed by atoms with Crippen molar-refractivity contribution < 1.29 is 4.74 Å². The topological polar surface area (TPSA) is 50.3 Å². The molecular formula is C25H26N4OS. The molecule has 1 fully saturated rings. The lowest BCUT2D eigenvalue weighted by Gasteiger charge is -2.14. The van der Waals surface area contributed by atoms with E-state index in [9.17, 15) is 0 Å². The Morgan fingerprint density at radius 1 is 1.03 bits per heavy atom. The smallest absolute Gasteiger partial charge is 0.151 e. The van der Waals surface area contributed by atoms with Crippen molar-refractivity contribution in [1.29, 1.82) is 0 Å². The lowest BCUT2D eigenvalue weighted by atomic mass is 10.1. The highest BCUT2D eigenvalue weighted by molar-refractivity contribution is 7.22. The molecule has 0 radical (unpaired) electrons. The second kappa shape index (κ2) is 9.04. The standard InChI is InChI=1S/C25H26N4OS/c1-2-30-21-7-5-6-20(14-21)28-25-24-22(26-17-27-25)15-23(31-24)19-10-8-18(9-11-19)16-29-12-3-4-13-29/h5-11,14-15,17H,2-4,12-13,16H2,1H3,(H,26,27,28). The quantitative estimate of drug-likeness (QED) is 0.384. The van der Waals surface area contributed by atoms with Crippen molar-refractivity contribution in [1.82, 2.24) is 14.9 Å². The van der Waals surface area contributed by atoms with Crippen molar-refractivity contribution in [2.75, 3.05) is 25.0 Å². The van der Waals surface area contributed by atoms with Gasteiger partial charge in [-0.15, -0.1) is 11.3 Å². The molecule has 4 aromatic rings. The van der Waals surface area contributed by atoms with Crippen LogP contribution in [0, 0.1) is 0 Å². The Kier molecular flexibility index (Phi) is 5.82. The van der Waals surface area contributed by atoms with Crippen LogP contribution in [-0.2, 0) is 6.54 Å². The van der Waals surface area contributed by atoms with E-state index >= 15 is 0 Å². The number of thiophene rings is 1. The van der Waals surface area contributed by atoms with Gasteiger partial charge in [0.2, 0.25) is 0 Å². The molecule has 0 aliphatic carbocycles. The maximum absolute atomic E-state index is 5.61. The van der Waals surface area contributed by atoms with Gasteiger partial charge in [0.15, 0.2) is 5.82 Å². The highest BCUT2D eigenvalue weighted by Gasteiger charge is 2.13. The summed E-state index contributed by atoms with van der Waals surface area (Å²) in [5, 5.41) is 3.43. The first-order chi connectivity index (χ1) is 15.3. The van der Waals surface area contributed by atoms with Gasteiger partial charge in [-0.3, -0.25) is 4.90 Å². The third-order valence-electron chi connectivity index (χ3n) is 5.56. The van der Waals surface area contributed by atoms with Gasteiger partial charge in [-0.05, 0) is 62.2 Å². The summed E-state index contributed by atoms with van der Waals surface area (Å²) in [5.74, 6) is 1.67. The summed E-state index contributed by atoms with van der Waals surface area (Å²) in [6.07, 6.45) is 4.27. The monoisotopic (exact) mass is 430 g/mol. The van der Waals surface area contributed by atoms with E-state index < -0.39 is 0 Å². The normalized spacial score (nSPS) is 14.2. The minimum absolute atomic E-state index is 0.645. The molecule has 0 atom stereocenters. The first-order valence-electron chi connectivity index (χ1n) is 10.8. The van der Waals surface area contributed by atoms with E-state index in [2.05, 4.69) is 50.5 Å².